The summed E-state index contributed by atoms with van der Waals surface area (Å²) in [5.74, 6) is 0.397. The molecule has 1 atom stereocenters. The zero-order valence-corrected chi connectivity index (χ0v) is 13.4. The third kappa shape index (κ3) is 3.73. The molecule has 3 rings (SSSR count). The molecule has 112 valence electrons. The average Bonchev–Trinajstić information content (AvgIpc) is 2.93. The fourth-order valence-electron chi connectivity index (χ4n) is 3.14. The van der Waals surface area contributed by atoms with Crippen molar-refractivity contribution in [2.24, 2.45) is 5.92 Å². The Balaban J connectivity index is 1.53. The Hall–Kier alpha value is -1.16. The molecular weight excluding hydrogens is 278 g/mol. The Labute approximate surface area is 131 Å². The van der Waals surface area contributed by atoms with Gasteiger partial charge in [-0.3, -0.25) is 4.90 Å². The molecule has 0 bridgehead atoms. The van der Waals surface area contributed by atoms with Gasteiger partial charge in [0.2, 0.25) is 0 Å². The molecular formula is C18H23NOS. The molecule has 0 radical (unpaired) electrons. The van der Waals surface area contributed by atoms with E-state index in [0.29, 0.717) is 5.92 Å². The normalized spacial score (nSPS) is 18.8. The van der Waals surface area contributed by atoms with E-state index in [4.69, 9.17) is 0 Å². The van der Waals surface area contributed by atoms with Crippen LogP contribution in [-0.2, 0) is 6.54 Å². The van der Waals surface area contributed by atoms with Crippen molar-refractivity contribution in [2.75, 3.05) is 13.1 Å². The Kier molecular flexibility index (Phi) is 4.73. The maximum atomic E-state index is 10.5. The lowest BCUT2D eigenvalue weighted by atomic mass is 9.87. The highest BCUT2D eigenvalue weighted by molar-refractivity contribution is 7.11. The van der Waals surface area contributed by atoms with Crippen molar-refractivity contribution in [1.29, 1.82) is 0 Å². The van der Waals surface area contributed by atoms with Crippen molar-refractivity contribution in [3.63, 3.8) is 0 Å². The van der Waals surface area contributed by atoms with E-state index in [1.54, 1.807) is 0 Å². The maximum absolute atomic E-state index is 10.5. The lowest BCUT2D eigenvalue weighted by Gasteiger charge is -2.34. The molecule has 1 saturated heterocycles. The predicted octanol–water partition coefficient (Wildman–Crippen LogP) is 4.00. The van der Waals surface area contributed by atoms with Gasteiger partial charge in [0, 0.05) is 16.3 Å². The molecule has 2 heterocycles. The summed E-state index contributed by atoms with van der Waals surface area (Å²) in [4.78, 5) is 5.35. The highest BCUT2D eigenvalue weighted by Gasteiger charge is 2.26. The first-order valence-corrected chi connectivity index (χ1v) is 8.55. The van der Waals surface area contributed by atoms with Gasteiger partial charge < -0.3 is 5.11 Å². The number of piperidine rings is 1. The molecule has 2 aromatic rings. The van der Waals surface area contributed by atoms with E-state index in [1.807, 2.05) is 41.7 Å². The van der Waals surface area contributed by atoms with Crippen LogP contribution in [0.15, 0.2) is 42.5 Å². The summed E-state index contributed by atoms with van der Waals surface area (Å²) in [5.41, 5.74) is 1.06. The molecule has 0 saturated carbocycles. The second-order valence-electron chi connectivity index (χ2n) is 5.98. The number of aliphatic hydroxyl groups excluding tert-OH is 1. The third-order valence-corrected chi connectivity index (χ3v) is 5.38. The molecule has 0 amide bonds. The number of hydrogen-bond donors (Lipinski definition) is 1. The molecule has 1 N–H and O–H groups in total. The van der Waals surface area contributed by atoms with Gasteiger partial charge in [-0.15, -0.1) is 11.3 Å². The van der Waals surface area contributed by atoms with Gasteiger partial charge >= 0.3 is 0 Å². The molecule has 1 aromatic heterocycles. The van der Waals surface area contributed by atoms with Gasteiger partial charge in [0.15, 0.2) is 0 Å². The van der Waals surface area contributed by atoms with Crippen molar-refractivity contribution < 1.29 is 5.11 Å². The summed E-state index contributed by atoms with van der Waals surface area (Å²) in [5, 5.41) is 10.5. The van der Waals surface area contributed by atoms with Crippen molar-refractivity contribution in [2.45, 2.75) is 32.4 Å². The van der Waals surface area contributed by atoms with E-state index >= 15 is 0 Å². The fourth-order valence-corrected chi connectivity index (χ4v) is 4.07. The molecule has 1 aliphatic heterocycles. The monoisotopic (exact) mass is 301 g/mol. The minimum atomic E-state index is -0.308. The maximum Gasteiger partial charge on any atom is 0.0819 e. The number of hydrogen-bond acceptors (Lipinski definition) is 3. The Morgan fingerprint density at radius 1 is 1.14 bits per heavy atom. The molecule has 1 unspecified atom stereocenters. The Bertz CT molecular complexity index is 558. The van der Waals surface area contributed by atoms with Gasteiger partial charge in [0.05, 0.1) is 6.10 Å². The van der Waals surface area contributed by atoms with E-state index in [1.165, 1.54) is 9.75 Å². The van der Waals surface area contributed by atoms with Crippen LogP contribution in [0.5, 0.6) is 0 Å². The fraction of sp³-hybridized carbons (Fsp3) is 0.444. The van der Waals surface area contributed by atoms with Crippen LogP contribution >= 0.6 is 11.3 Å². The summed E-state index contributed by atoms with van der Waals surface area (Å²) in [6.45, 7) is 5.40. The molecule has 1 aliphatic rings. The number of aryl methyl sites for hydroxylation is 1. The number of thiophene rings is 1. The highest BCUT2D eigenvalue weighted by Crippen LogP contribution is 2.31. The summed E-state index contributed by atoms with van der Waals surface area (Å²) in [7, 11) is 0. The SMILES string of the molecule is Cc1ccc(CN2CCC(C(O)c3ccccc3)CC2)s1. The Morgan fingerprint density at radius 2 is 1.86 bits per heavy atom. The van der Waals surface area contributed by atoms with E-state index in [2.05, 4.69) is 24.0 Å². The molecule has 3 heteroatoms. The van der Waals surface area contributed by atoms with Crippen molar-refractivity contribution in [3.8, 4) is 0 Å². The van der Waals surface area contributed by atoms with E-state index in [0.717, 1.165) is 38.0 Å². The quantitative estimate of drug-likeness (QED) is 0.922. The van der Waals surface area contributed by atoms with Crippen LogP contribution < -0.4 is 0 Å². The van der Waals surface area contributed by atoms with Gasteiger partial charge in [-0.25, -0.2) is 0 Å². The zero-order valence-electron chi connectivity index (χ0n) is 12.5. The standard InChI is InChI=1S/C18H23NOS/c1-14-7-8-17(21-14)13-19-11-9-16(10-12-19)18(20)15-5-3-2-4-6-15/h2-8,16,18,20H,9-13H2,1H3. The van der Waals surface area contributed by atoms with Gasteiger partial charge in [-0.1, -0.05) is 30.3 Å². The lowest BCUT2D eigenvalue weighted by Crippen LogP contribution is -2.35. The predicted molar refractivity (Wildman–Crippen MR) is 88.5 cm³/mol. The van der Waals surface area contributed by atoms with Crippen LogP contribution in [-0.4, -0.2) is 23.1 Å². The number of likely N-dealkylation sites (tertiary alicyclic amines) is 1. The van der Waals surface area contributed by atoms with Gasteiger partial charge in [0.1, 0.15) is 0 Å². The largest absolute Gasteiger partial charge is 0.388 e. The van der Waals surface area contributed by atoms with Crippen molar-refractivity contribution in [1.82, 2.24) is 4.90 Å². The van der Waals surface area contributed by atoms with Crippen molar-refractivity contribution in [3.05, 3.63) is 57.8 Å². The summed E-state index contributed by atoms with van der Waals surface area (Å²) in [6.07, 6.45) is 1.86. The number of rotatable bonds is 4. The molecule has 1 fully saturated rings. The minimum absolute atomic E-state index is 0.308. The first-order valence-electron chi connectivity index (χ1n) is 7.73. The van der Waals surface area contributed by atoms with E-state index in [9.17, 15) is 5.11 Å². The topological polar surface area (TPSA) is 23.5 Å². The summed E-state index contributed by atoms with van der Waals surface area (Å²) < 4.78 is 0. The first kappa shape index (κ1) is 14.8. The second kappa shape index (κ2) is 6.73. The Morgan fingerprint density at radius 3 is 2.48 bits per heavy atom. The van der Waals surface area contributed by atoms with Crippen LogP contribution in [0.3, 0.4) is 0 Å². The van der Waals surface area contributed by atoms with Gasteiger partial charge in [-0.05, 0) is 56.5 Å². The highest BCUT2D eigenvalue weighted by atomic mass is 32.1. The first-order chi connectivity index (χ1) is 10.2. The number of benzene rings is 1. The van der Waals surface area contributed by atoms with Gasteiger partial charge in [0.25, 0.3) is 0 Å². The number of aliphatic hydroxyl groups is 1. The number of nitrogens with zero attached hydrogens (tertiary/aromatic N) is 1. The minimum Gasteiger partial charge on any atom is -0.388 e. The van der Waals surface area contributed by atoms with Crippen molar-refractivity contribution >= 4 is 11.3 Å². The molecule has 0 aliphatic carbocycles. The van der Waals surface area contributed by atoms with E-state index < -0.39 is 0 Å². The average molecular weight is 301 g/mol. The molecule has 0 spiro atoms. The van der Waals surface area contributed by atoms with Crippen LogP contribution in [0, 0.1) is 12.8 Å². The zero-order chi connectivity index (χ0) is 14.7. The van der Waals surface area contributed by atoms with Crippen LogP contribution in [0.1, 0.15) is 34.3 Å². The summed E-state index contributed by atoms with van der Waals surface area (Å²) in [6, 6.07) is 14.5. The summed E-state index contributed by atoms with van der Waals surface area (Å²) >= 11 is 1.89. The molecule has 2 nitrogen and oxygen atoms in total. The van der Waals surface area contributed by atoms with E-state index in [-0.39, 0.29) is 6.10 Å². The molecule has 1 aromatic carbocycles. The third-order valence-electron chi connectivity index (χ3n) is 4.40. The molecule has 21 heavy (non-hydrogen) atoms. The van der Waals surface area contributed by atoms with Gasteiger partial charge in [-0.2, -0.15) is 0 Å². The second-order valence-corrected chi connectivity index (χ2v) is 7.35. The van der Waals surface area contributed by atoms with Crippen LogP contribution in [0.4, 0.5) is 0 Å². The van der Waals surface area contributed by atoms with Crippen LogP contribution in [0.25, 0.3) is 0 Å². The lowest BCUT2D eigenvalue weighted by molar-refractivity contribution is 0.0570. The van der Waals surface area contributed by atoms with Crippen LogP contribution in [0.2, 0.25) is 0 Å². The smallest absolute Gasteiger partial charge is 0.0819 e.